The van der Waals surface area contributed by atoms with E-state index < -0.39 is 4.92 Å². The van der Waals surface area contributed by atoms with E-state index in [1.54, 1.807) is 31.4 Å². The molecule has 2 aromatic heterocycles. The fourth-order valence-electron chi connectivity index (χ4n) is 2.23. The highest BCUT2D eigenvalue weighted by atomic mass is 32.2. The van der Waals surface area contributed by atoms with Crippen LogP contribution >= 0.6 is 11.8 Å². The smallest absolute Gasteiger partial charge is 0.310 e. The first-order valence-electron chi connectivity index (χ1n) is 7.35. The number of rotatable bonds is 6. The number of benzene rings is 1. The quantitative estimate of drug-likeness (QED) is 0.404. The summed E-state index contributed by atoms with van der Waals surface area (Å²) in [4.78, 5) is 11.3. The van der Waals surface area contributed by atoms with Crippen LogP contribution in [0, 0.1) is 17.0 Å². The number of furan rings is 1. The van der Waals surface area contributed by atoms with Crippen molar-refractivity contribution in [3.8, 4) is 17.1 Å². The Labute approximate surface area is 146 Å². The number of nitro groups is 1. The van der Waals surface area contributed by atoms with E-state index in [9.17, 15) is 10.1 Å². The minimum atomic E-state index is -0.481. The summed E-state index contributed by atoms with van der Waals surface area (Å²) < 4.78 is 12.0. The highest BCUT2D eigenvalue weighted by Crippen LogP contribution is 2.35. The molecule has 0 aliphatic rings. The molecule has 0 amide bonds. The Hall–Kier alpha value is -3.01. The Morgan fingerprint density at radius 2 is 2.20 bits per heavy atom. The van der Waals surface area contributed by atoms with Crippen LogP contribution in [0.25, 0.3) is 11.4 Å². The molecule has 0 spiro atoms. The molecule has 0 saturated carbocycles. The van der Waals surface area contributed by atoms with Crippen LogP contribution in [0.15, 0.2) is 45.0 Å². The minimum absolute atomic E-state index is 0.0878. The molecule has 25 heavy (non-hydrogen) atoms. The summed E-state index contributed by atoms with van der Waals surface area (Å²) in [6.45, 7) is 3.90. The zero-order valence-corrected chi connectivity index (χ0v) is 14.3. The molecular formula is C15H15N5O4S. The third-order valence-corrected chi connectivity index (χ3v) is 4.35. The van der Waals surface area contributed by atoms with E-state index in [1.165, 1.54) is 22.5 Å². The molecule has 0 radical (unpaired) electrons. The van der Waals surface area contributed by atoms with Crippen molar-refractivity contribution in [2.24, 2.45) is 0 Å². The van der Waals surface area contributed by atoms with Crippen molar-refractivity contribution in [3.05, 3.63) is 46.4 Å². The molecule has 3 aromatic rings. The number of nitrogen functional groups attached to an aromatic ring is 1. The molecule has 0 bridgehead atoms. The third-order valence-electron chi connectivity index (χ3n) is 3.40. The number of nitrogens with two attached hydrogens (primary N) is 1. The van der Waals surface area contributed by atoms with Gasteiger partial charge in [-0.15, -0.1) is 10.2 Å². The monoisotopic (exact) mass is 361 g/mol. The summed E-state index contributed by atoms with van der Waals surface area (Å²) in [5.74, 6) is 7.43. The van der Waals surface area contributed by atoms with Crippen molar-refractivity contribution in [1.29, 1.82) is 0 Å². The zero-order valence-electron chi connectivity index (χ0n) is 13.5. The maximum atomic E-state index is 11.1. The van der Waals surface area contributed by atoms with Gasteiger partial charge in [0.15, 0.2) is 11.6 Å². The van der Waals surface area contributed by atoms with Crippen molar-refractivity contribution in [3.63, 3.8) is 0 Å². The second-order valence-corrected chi connectivity index (χ2v) is 6.03. The van der Waals surface area contributed by atoms with Crippen molar-refractivity contribution in [1.82, 2.24) is 14.9 Å². The van der Waals surface area contributed by atoms with Crippen LogP contribution in [0.4, 0.5) is 5.69 Å². The Morgan fingerprint density at radius 1 is 1.40 bits per heavy atom. The van der Waals surface area contributed by atoms with Gasteiger partial charge in [-0.25, -0.2) is 4.68 Å². The Morgan fingerprint density at radius 3 is 2.84 bits per heavy atom. The van der Waals surface area contributed by atoms with Gasteiger partial charge in [-0.05, 0) is 37.7 Å². The summed E-state index contributed by atoms with van der Waals surface area (Å²) >= 11 is 1.23. The average molecular weight is 361 g/mol. The van der Waals surface area contributed by atoms with Crippen LogP contribution in [0.5, 0.6) is 5.75 Å². The highest BCUT2D eigenvalue weighted by molar-refractivity contribution is 7.99. The normalized spacial score (nSPS) is 10.8. The van der Waals surface area contributed by atoms with Crippen LogP contribution in [0.1, 0.15) is 12.7 Å². The molecule has 2 N–H and O–H groups in total. The molecule has 3 rings (SSSR count). The van der Waals surface area contributed by atoms with E-state index in [1.807, 2.05) is 6.92 Å². The van der Waals surface area contributed by atoms with Crippen molar-refractivity contribution in [2.75, 3.05) is 12.4 Å². The lowest BCUT2D eigenvalue weighted by atomic mass is 10.2. The molecule has 0 fully saturated rings. The van der Waals surface area contributed by atoms with Crippen molar-refractivity contribution >= 4 is 17.4 Å². The number of ether oxygens (including phenoxy) is 1. The van der Waals surface area contributed by atoms with Crippen LogP contribution in [-0.4, -0.2) is 26.4 Å². The van der Waals surface area contributed by atoms with Gasteiger partial charge in [-0.2, -0.15) is 0 Å². The van der Waals surface area contributed by atoms with Crippen LogP contribution in [0.2, 0.25) is 0 Å². The van der Waals surface area contributed by atoms with E-state index in [-0.39, 0.29) is 11.4 Å². The Kier molecular flexibility index (Phi) is 4.61. The van der Waals surface area contributed by atoms with Crippen molar-refractivity contribution in [2.45, 2.75) is 23.9 Å². The molecule has 0 aliphatic heterocycles. The summed E-state index contributed by atoms with van der Waals surface area (Å²) in [7, 11) is 0. The molecule has 0 aliphatic carbocycles. The van der Waals surface area contributed by atoms with Gasteiger partial charge in [0.1, 0.15) is 5.76 Å². The molecule has 130 valence electrons. The third kappa shape index (κ3) is 3.29. The molecule has 1 aromatic carbocycles. The van der Waals surface area contributed by atoms with E-state index in [2.05, 4.69) is 10.2 Å². The van der Waals surface area contributed by atoms with Gasteiger partial charge in [-0.1, -0.05) is 0 Å². The Bertz CT molecular complexity index is 921. The number of aryl methyl sites for hydroxylation is 1. The highest BCUT2D eigenvalue weighted by Gasteiger charge is 2.19. The maximum Gasteiger partial charge on any atom is 0.310 e. The van der Waals surface area contributed by atoms with Gasteiger partial charge in [0.25, 0.3) is 0 Å². The SMILES string of the molecule is CCOc1cc(Sc2nnc(-c3ccoc3C)n2N)ccc1[N+](=O)[O-]. The number of hydrogen-bond acceptors (Lipinski definition) is 8. The summed E-state index contributed by atoms with van der Waals surface area (Å²) in [6, 6.07) is 6.36. The second kappa shape index (κ2) is 6.85. The fraction of sp³-hybridized carbons (Fsp3) is 0.200. The summed E-state index contributed by atoms with van der Waals surface area (Å²) in [6.07, 6.45) is 1.55. The second-order valence-electron chi connectivity index (χ2n) is 4.99. The first-order chi connectivity index (χ1) is 12.0. The molecule has 0 atom stereocenters. The van der Waals surface area contributed by atoms with Gasteiger partial charge in [0.2, 0.25) is 5.16 Å². The fourth-order valence-corrected chi connectivity index (χ4v) is 3.01. The van der Waals surface area contributed by atoms with Gasteiger partial charge < -0.3 is 15.0 Å². The lowest BCUT2D eigenvalue weighted by Gasteiger charge is -2.07. The van der Waals surface area contributed by atoms with Crippen LogP contribution < -0.4 is 10.6 Å². The summed E-state index contributed by atoms with van der Waals surface area (Å²) in [5.41, 5.74) is 0.663. The van der Waals surface area contributed by atoms with Gasteiger partial charge >= 0.3 is 5.69 Å². The van der Waals surface area contributed by atoms with E-state index >= 15 is 0 Å². The standard InChI is InChI=1S/C15H15N5O4S/c1-3-23-13-8-10(4-5-12(13)20(21)22)25-15-18-17-14(19(15)16)11-6-7-24-9(11)2/h4-8H,3,16H2,1-2H3. The molecule has 9 nitrogen and oxygen atoms in total. The zero-order chi connectivity index (χ0) is 18.0. The van der Waals surface area contributed by atoms with Gasteiger partial charge in [-0.3, -0.25) is 10.1 Å². The summed E-state index contributed by atoms with van der Waals surface area (Å²) in [5, 5.41) is 19.7. The Balaban J connectivity index is 1.91. The molecule has 2 heterocycles. The van der Waals surface area contributed by atoms with Gasteiger partial charge in [0, 0.05) is 17.0 Å². The lowest BCUT2D eigenvalue weighted by Crippen LogP contribution is -2.11. The van der Waals surface area contributed by atoms with E-state index in [4.69, 9.17) is 15.0 Å². The molecular weight excluding hydrogens is 346 g/mol. The largest absolute Gasteiger partial charge is 0.487 e. The number of hydrogen-bond donors (Lipinski definition) is 1. The number of nitrogens with zero attached hydrogens (tertiary/aromatic N) is 4. The van der Waals surface area contributed by atoms with Crippen LogP contribution in [0.3, 0.4) is 0 Å². The number of nitro benzene ring substituents is 1. The topological polar surface area (TPSA) is 122 Å². The average Bonchev–Trinajstić information content (AvgIpc) is 3.14. The molecule has 0 saturated heterocycles. The van der Waals surface area contributed by atoms with Crippen LogP contribution in [-0.2, 0) is 0 Å². The lowest BCUT2D eigenvalue weighted by molar-refractivity contribution is -0.385. The number of aromatic nitrogens is 3. The van der Waals surface area contributed by atoms with E-state index in [0.29, 0.717) is 28.2 Å². The minimum Gasteiger partial charge on any atom is -0.487 e. The van der Waals surface area contributed by atoms with Crippen molar-refractivity contribution < 1.29 is 14.1 Å². The predicted octanol–water partition coefficient (Wildman–Crippen LogP) is 3.02. The molecule has 10 heteroatoms. The molecule has 0 unspecified atom stereocenters. The predicted molar refractivity (Wildman–Crippen MR) is 91.0 cm³/mol. The maximum absolute atomic E-state index is 11.1. The van der Waals surface area contributed by atoms with E-state index in [0.717, 1.165) is 5.56 Å². The van der Waals surface area contributed by atoms with Gasteiger partial charge in [0.05, 0.1) is 23.4 Å². The first-order valence-corrected chi connectivity index (χ1v) is 8.17. The first kappa shape index (κ1) is 16.8.